The zero-order valence-electron chi connectivity index (χ0n) is 5.56. The molecule has 1 fully saturated rings. The fourth-order valence-electron chi connectivity index (χ4n) is 1.10. The van der Waals surface area contributed by atoms with Crippen LogP contribution in [0.5, 0.6) is 0 Å². The third kappa shape index (κ3) is 2.10. The van der Waals surface area contributed by atoms with Gasteiger partial charge in [-0.3, -0.25) is 4.79 Å². The second-order valence-electron chi connectivity index (χ2n) is 2.74. The van der Waals surface area contributed by atoms with E-state index >= 15 is 0 Å². The van der Waals surface area contributed by atoms with Crippen molar-refractivity contribution in [1.29, 1.82) is 0 Å². The molecule has 0 spiro atoms. The van der Waals surface area contributed by atoms with Crippen LogP contribution in [0.3, 0.4) is 0 Å². The Hall–Kier alpha value is -0.740. The van der Waals surface area contributed by atoms with E-state index in [9.17, 15) is 18.0 Å². The molecule has 0 amide bonds. The number of carboxylic acid groups (broad SMARTS) is 1. The van der Waals surface area contributed by atoms with Crippen molar-refractivity contribution in [2.45, 2.75) is 19.0 Å². The summed E-state index contributed by atoms with van der Waals surface area (Å²) in [6.07, 6.45) is -4.57. The number of hydrogen-bond donors (Lipinski definition) is 1. The first-order valence-electron chi connectivity index (χ1n) is 3.19. The normalized spacial score (nSPS) is 30.1. The van der Waals surface area contributed by atoms with Gasteiger partial charge in [0.15, 0.2) is 0 Å². The van der Waals surface area contributed by atoms with E-state index < -0.39 is 24.0 Å². The van der Waals surface area contributed by atoms with Gasteiger partial charge < -0.3 is 5.11 Å². The molecule has 0 aromatic carbocycles. The highest BCUT2D eigenvalue weighted by molar-refractivity contribution is 5.67. The van der Waals surface area contributed by atoms with E-state index in [1.54, 1.807) is 0 Å². The number of aliphatic carboxylic acids is 1. The van der Waals surface area contributed by atoms with E-state index in [0.717, 1.165) is 0 Å². The minimum atomic E-state index is -4.19. The molecule has 1 N–H and O–H groups in total. The Balaban J connectivity index is 2.32. The van der Waals surface area contributed by atoms with Crippen molar-refractivity contribution in [3.63, 3.8) is 0 Å². The quantitative estimate of drug-likeness (QED) is 0.680. The van der Waals surface area contributed by atoms with Crippen LogP contribution in [0.4, 0.5) is 13.2 Å². The van der Waals surface area contributed by atoms with E-state index in [-0.39, 0.29) is 12.8 Å². The van der Waals surface area contributed by atoms with Gasteiger partial charge in [0.25, 0.3) is 0 Å². The molecule has 2 nitrogen and oxygen atoms in total. The highest BCUT2D eigenvalue weighted by Gasteiger charge is 2.55. The molecule has 0 aromatic rings. The zero-order valence-corrected chi connectivity index (χ0v) is 5.56. The zero-order chi connectivity index (χ0) is 8.65. The fraction of sp³-hybridized carbons (Fsp3) is 0.833. The predicted octanol–water partition coefficient (Wildman–Crippen LogP) is 1.66. The van der Waals surface area contributed by atoms with Crippen LogP contribution < -0.4 is 0 Å². The first-order valence-corrected chi connectivity index (χ1v) is 3.19. The maximum Gasteiger partial charge on any atom is 0.392 e. The topological polar surface area (TPSA) is 37.3 Å². The van der Waals surface area contributed by atoms with Gasteiger partial charge in [0.05, 0.1) is 5.92 Å². The van der Waals surface area contributed by atoms with Crippen LogP contribution in [0.1, 0.15) is 12.8 Å². The molecular weight excluding hydrogens is 161 g/mol. The van der Waals surface area contributed by atoms with Crippen LogP contribution in [0, 0.1) is 11.8 Å². The molecule has 0 unspecified atom stereocenters. The molecule has 0 aromatic heterocycles. The van der Waals surface area contributed by atoms with Crippen LogP contribution in [0.2, 0.25) is 0 Å². The van der Waals surface area contributed by atoms with Crippen LogP contribution >= 0.6 is 0 Å². The van der Waals surface area contributed by atoms with Crippen molar-refractivity contribution in [2.24, 2.45) is 11.8 Å². The Kier molecular flexibility index (Phi) is 1.82. The summed E-state index contributed by atoms with van der Waals surface area (Å²) in [6, 6.07) is 0. The summed E-state index contributed by atoms with van der Waals surface area (Å²) in [5, 5.41) is 8.14. The van der Waals surface area contributed by atoms with Gasteiger partial charge in [0.2, 0.25) is 0 Å². The molecule has 64 valence electrons. The number of carbonyl (C=O) groups is 1. The summed E-state index contributed by atoms with van der Waals surface area (Å²) >= 11 is 0. The van der Waals surface area contributed by atoms with Crippen LogP contribution in [-0.4, -0.2) is 17.3 Å². The number of rotatable bonds is 2. The van der Waals surface area contributed by atoms with Crippen molar-refractivity contribution >= 4 is 5.97 Å². The predicted molar refractivity (Wildman–Crippen MR) is 29.9 cm³/mol. The molecule has 5 heteroatoms. The highest BCUT2D eigenvalue weighted by Crippen LogP contribution is 2.51. The van der Waals surface area contributed by atoms with Crippen LogP contribution in [0.15, 0.2) is 0 Å². The molecule has 0 aliphatic heterocycles. The Labute approximate surface area is 61.0 Å². The number of alkyl halides is 3. The minimum Gasteiger partial charge on any atom is -0.481 e. The standard InChI is InChI=1S/C6H7F3O2/c7-6(8,9)4-1-3(4)2-5(10)11/h3-4H,1-2H2,(H,10,11)/t3-,4+/m0/s1. The smallest absolute Gasteiger partial charge is 0.392 e. The van der Waals surface area contributed by atoms with Crippen LogP contribution in [0.25, 0.3) is 0 Å². The summed E-state index contributed by atoms with van der Waals surface area (Å²) in [4.78, 5) is 9.95. The number of carboxylic acids is 1. The molecule has 0 radical (unpaired) electrons. The Morgan fingerprint density at radius 2 is 2.09 bits per heavy atom. The third-order valence-corrected chi connectivity index (χ3v) is 1.78. The molecule has 1 aliphatic rings. The van der Waals surface area contributed by atoms with E-state index in [4.69, 9.17) is 5.11 Å². The van der Waals surface area contributed by atoms with Gasteiger partial charge in [-0.1, -0.05) is 0 Å². The average molecular weight is 168 g/mol. The van der Waals surface area contributed by atoms with E-state index in [2.05, 4.69) is 0 Å². The van der Waals surface area contributed by atoms with Crippen LogP contribution in [-0.2, 0) is 4.79 Å². The SMILES string of the molecule is O=C(O)C[C@@H]1C[C@H]1C(F)(F)F. The third-order valence-electron chi connectivity index (χ3n) is 1.78. The van der Waals surface area contributed by atoms with Gasteiger partial charge in [-0.2, -0.15) is 13.2 Å². The summed E-state index contributed by atoms with van der Waals surface area (Å²) in [5.74, 6) is -3.19. The molecule has 2 atom stereocenters. The van der Waals surface area contributed by atoms with Crippen molar-refractivity contribution in [3.05, 3.63) is 0 Å². The van der Waals surface area contributed by atoms with Gasteiger partial charge in [-0.25, -0.2) is 0 Å². The Bertz CT molecular complexity index is 175. The molecule has 0 saturated heterocycles. The highest BCUT2D eigenvalue weighted by atomic mass is 19.4. The lowest BCUT2D eigenvalue weighted by Crippen LogP contribution is -2.12. The summed E-state index contributed by atoms with van der Waals surface area (Å²) in [7, 11) is 0. The fourth-order valence-corrected chi connectivity index (χ4v) is 1.10. The maximum absolute atomic E-state index is 11.7. The average Bonchev–Trinajstić information content (AvgIpc) is 2.40. The van der Waals surface area contributed by atoms with E-state index in [0.29, 0.717) is 0 Å². The summed E-state index contributed by atoms with van der Waals surface area (Å²) in [5.41, 5.74) is 0. The van der Waals surface area contributed by atoms with E-state index in [1.807, 2.05) is 0 Å². The largest absolute Gasteiger partial charge is 0.481 e. The number of hydrogen-bond acceptors (Lipinski definition) is 1. The van der Waals surface area contributed by atoms with E-state index in [1.165, 1.54) is 0 Å². The summed E-state index contributed by atoms with van der Waals surface area (Å²) < 4.78 is 35.2. The van der Waals surface area contributed by atoms with Gasteiger partial charge in [0, 0.05) is 6.42 Å². The molecule has 0 heterocycles. The van der Waals surface area contributed by atoms with Crippen molar-refractivity contribution in [1.82, 2.24) is 0 Å². The monoisotopic (exact) mass is 168 g/mol. The van der Waals surface area contributed by atoms with Gasteiger partial charge in [0.1, 0.15) is 0 Å². The second kappa shape index (κ2) is 2.39. The van der Waals surface area contributed by atoms with Crippen molar-refractivity contribution in [3.8, 4) is 0 Å². The molecule has 1 rings (SSSR count). The second-order valence-corrected chi connectivity index (χ2v) is 2.74. The molecule has 11 heavy (non-hydrogen) atoms. The minimum absolute atomic E-state index is 0.0181. The lowest BCUT2D eigenvalue weighted by molar-refractivity contribution is -0.152. The first-order chi connectivity index (χ1) is 4.91. The molecule has 1 aliphatic carbocycles. The number of halogens is 3. The first kappa shape index (κ1) is 8.36. The Morgan fingerprint density at radius 3 is 2.36 bits per heavy atom. The van der Waals surface area contributed by atoms with Crippen molar-refractivity contribution < 1.29 is 23.1 Å². The van der Waals surface area contributed by atoms with Gasteiger partial charge in [-0.05, 0) is 12.3 Å². The molecular formula is C6H7F3O2. The molecule has 0 bridgehead atoms. The maximum atomic E-state index is 11.7. The Morgan fingerprint density at radius 1 is 1.55 bits per heavy atom. The molecule has 1 saturated carbocycles. The lowest BCUT2D eigenvalue weighted by atomic mass is 10.2. The lowest BCUT2D eigenvalue weighted by Gasteiger charge is -2.02. The van der Waals surface area contributed by atoms with Crippen molar-refractivity contribution in [2.75, 3.05) is 0 Å². The van der Waals surface area contributed by atoms with Gasteiger partial charge in [-0.15, -0.1) is 0 Å². The van der Waals surface area contributed by atoms with Gasteiger partial charge >= 0.3 is 12.1 Å². The summed E-state index contributed by atoms with van der Waals surface area (Å²) in [6.45, 7) is 0.